The molecule has 0 unspecified atom stereocenters. The van der Waals surface area contributed by atoms with Crippen molar-refractivity contribution < 1.29 is 0 Å². The Balaban J connectivity index is 1.72. The molecule has 0 radical (unpaired) electrons. The number of nitrogens with two attached hydrogens (primary N) is 1. The first-order chi connectivity index (χ1) is 9.70. The van der Waals surface area contributed by atoms with E-state index < -0.39 is 0 Å². The molecule has 1 aliphatic rings. The van der Waals surface area contributed by atoms with Gasteiger partial charge in [0.2, 0.25) is 5.95 Å². The van der Waals surface area contributed by atoms with Crippen molar-refractivity contribution in [3.05, 3.63) is 24.4 Å². The van der Waals surface area contributed by atoms with E-state index in [0.717, 1.165) is 44.1 Å². The van der Waals surface area contributed by atoms with Gasteiger partial charge in [0.25, 0.3) is 0 Å². The Hall–Kier alpha value is -1.95. The van der Waals surface area contributed by atoms with Crippen molar-refractivity contribution in [2.45, 2.75) is 19.8 Å². The summed E-state index contributed by atoms with van der Waals surface area (Å²) in [5, 5.41) is 7.27. The van der Waals surface area contributed by atoms with E-state index in [9.17, 15) is 0 Å². The number of piperidine rings is 1. The number of aromatic nitrogens is 4. The molecule has 3 rings (SSSR count). The second-order valence-corrected chi connectivity index (χ2v) is 5.70. The van der Waals surface area contributed by atoms with Crippen molar-refractivity contribution in [1.29, 1.82) is 0 Å². The van der Waals surface area contributed by atoms with Gasteiger partial charge in [-0.2, -0.15) is 4.98 Å². The topological polar surface area (TPSA) is 83.7 Å². The highest BCUT2D eigenvalue weighted by molar-refractivity contribution is 5.50. The van der Waals surface area contributed by atoms with Gasteiger partial charge in [0.15, 0.2) is 5.82 Å². The second kappa shape index (κ2) is 5.20. The molecule has 1 aliphatic heterocycles. The lowest BCUT2D eigenvalue weighted by atomic mass is 9.81. The number of anilines is 1. The minimum Gasteiger partial charge on any atom is -0.339 e. The zero-order valence-electron chi connectivity index (χ0n) is 11.7. The molecule has 6 heteroatoms. The molecule has 20 heavy (non-hydrogen) atoms. The number of hydrogen-bond acceptors (Lipinski definition) is 5. The van der Waals surface area contributed by atoms with Gasteiger partial charge in [-0.1, -0.05) is 13.0 Å². The molecule has 0 aromatic carbocycles. The molecule has 2 aromatic rings. The Labute approximate surface area is 118 Å². The van der Waals surface area contributed by atoms with Crippen molar-refractivity contribution in [3.8, 4) is 11.5 Å². The summed E-state index contributed by atoms with van der Waals surface area (Å²) in [6, 6.07) is 5.75. The third kappa shape index (κ3) is 2.51. The van der Waals surface area contributed by atoms with Gasteiger partial charge in [0, 0.05) is 19.3 Å². The maximum atomic E-state index is 5.84. The largest absolute Gasteiger partial charge is 0.339 e. The fraction of sp³-hybridized carbons (Fsp3) is 0.500. The van der Waals surface area contributed by atoms with Crippen LogP contribution in [0.4, 0.5) is 5.95 Å². The lowest BCUT2D eigenvalue weighted by Crippen LogP contribution is -2.42. The lowest BCUT2D eigenvalue weighted by molar-refractivity contribution is 0.257. The summed E-state index contributed by atoms with van der Waals surface area (Å²) < 4.78 is 0. The van der Waals surface area contributed by atoms with Crippen LogP contribution in [0.2, 0.25) is 0 Å². The monoisotopic (exact) mass is 272 g/mol. The molecule has 0 bridgehead atoms. The number of nitrogens with one attached hydrogen (secondary N) is 1. The van der Waals surface area contributed by atoms with Gasteiger partial charge in [-0.25, -0.2) is 0 Å². The third-order valence-corrected chi connectivity index (χ3v) is 4.13. The van der Waals surface area contributed by atoms with E-state index in [1.807, 2.05) is 18.2 Å². The molecule has 0 aliphatic carbocycles. The van der Waals surface area contributed by atoms with Crippen molar-refractivity contribution >= 4 is 5.95 Å². The maximum absolute atomic E-state index is 5.84. The summed E-state index contributed by atoms with van der Waals surface area (Å²) in [4.78, 5) is 11.0. The Morgan fingerprint density at radius 2 is 2.15 bits per heavy atom. The molecule has 2 aromatic heterocycles. The zero-order chi connectivity index (χ0) is 14.0. The summed E-state index contributed by atoms with van der Waals surface area (Å²) in [5.74, 6) is 1.47. The van der Waals surface area contributed by atoms with Gasteiger partial charge in [-0.05, 0) is 36.9 Å². The quantitative estimate of drug-likeness (QED) is 0.883. The molecular weight excluding hydrogens is 252 g/mol. The van der Waals surface area contributed by atoms with Crippen LogP contribution in [0.5, 0.6) is 0 Å². The van der Waals surface area contributed by atoms with Crippen LogP contribution in [-0.2, 0) is 0 Å². The Morgan fingerprint density at radius 3 is 2.80 bits per heavy atom. The highest BCUT2D eigenvalue weighted by Gasteiger charge is 2.30. The van der Waals surface area contributed by atoms with Crippen LogP contribution >= 0.6 is 0 Å². The highest BCUT2D eigenvalue weighted by Crippen LogP contribution is 2.31. The number of rotatable bonds is 3. The molecule has 6 nitrogen and oxygen atoms in total. The summed E-state index contributed by atoms with van der Waals surface area (Å²) in [6.45, 7) is 4.90. The number of nitrogens with zero attached hydrogens (tertiary/aromatic N) is 4. The van der Waals surface area contributed by atoms with Crippen molar-refractivity contribution in [2.24, 2.45) is 11.1 Å². The van der Waals surface area contributed by atoms with Crippen LogP contribution in [0, 0.1) is 5.41 Å². The van der Waals surface area contributed by atoms with Crippen molar-refractivity contribution in [3.63, 3.8) is 0 Å². The molecule has 0 saturated carbocycles. The molecule has 106 valence electrons. The van der Waals surface area contributed by atoms with Crippen molar-refractivity contribution in [2.75, 3.05) is 24.5 Å². The maximum Gasteiger partial charge on any atom is 0.245 e. The first-order valence-electron chi connectivity index (χ1n) is 6.99. The first-order valence-corrected chi connectivity index (χ1v) is 6.99. The Kier molecular flexibility index (Phi) is 3.40. The van der Waals surface area contributed by atoms with Gasteiger partial charge in [0.05, 0.1) is 0 Å². The van der Waals surface area contributed by atoms with Crippen LogP contribution in [-0.4, -0.2) is 39.8 Å². The van der Waals surface area contributed by atoms with E-state index >= 15 is 0 Å². The summed E-state index contributed by atoms with van der Waals surface area (Å²) in [6.07, 6.45) is 3.92. The molecule has 0 spiro atoms. The Morgan fingerprint density at radius 1 is 1.35 bits per heavy atom. The molecular formula is C14H20N6. The summed E-state index contributed by atoms with van der Waals surface area (Å²) in [5.41, 5.74) is 6.91. The number of hydrogen-bond donors (Lipinski definition) is 2. The molecule has 1 fully saturated rings. The van der Waals surface area contributed by atoms with E-state index in [0.29, 0.717) is 5.82 Å². The van der Waals surface area contributed by atoms with Crippen molar-refractivity contribution in [1.82, 2.24) is 20.2 Å². The van der Waals surface area contributed by atoms with E-state index in [1.165, 1.54) is 0 Å². The standard InChI is InChI=1S/C14H20N6/c1-14(10-15)5-8-20(9-6-14)13-17-12(18-19-13)11-4-2-3-7-16-11/h2-4,7H,5-6,8-10,15H2,1H3,(H,17,18,19). The van der Waals surface area contributed by atoms with Crippen LogP contribution in [0.25, 0.3) is 11.5 Å². The molecule has 0 atom stereocenters. The van der Waals surface area contributed by atoms with E-state index in [1.54, 1.807) is 6.20 Å². The SMILES string of the molecule is CC1(CN)CCN(c2n[nH]c(-c3ccccn3)n2)CC1. The van der Waals surface area contributed by atoms with Crippen LogP contribution < -0.4 is 10.6 Å². The van der Waals surface area contributed by atoms with E-state index in [-0.39, 0.29) is 5.41 Å². The molecule has 3 heterocycles. The van der Waals surface area contributed by atoms with Gasteiger partial charge < -0.3 is 10.6 Å². The minimum atomic E-state index is 0.261. The smallest absolute Gasteiger partial charge is 0.245 e. The summed E-state index contributed by atoms with van der Waals surface area (Å²) in [7, 11) is 0. The first kappa shape index (κ1) is 13.1. The van der Waals surface area contributed by atoms with Gasteiger partial charge >= 0.3 is 0 Å². The highest BCUT2D eigenvalue weighted by atomic mass is 15.4. The third-order valence-electron chi connectivity index (χ3n) is 4.13. The minimum absolute atomic E-state index is 0.261. The second-order valence-electron chi connectivity index (χ2n) is 5.70. The lowest BCUT2D eigenvalue weighted by Gasteiger charge is -2.38. The van der Waals surface area contributed by atoms with Gasteiger partial charge in [-0.3, -0.25) is 10.1 Å². The van der Waals surface area contributed by atoms with Gasteiger partial charge in [-0.15, -0.1) is 5.10 Å². The average molecular weight is 272 g/mol. The van der Waals surface area contributed by atoms with Gasteiger partial charge in [0.1, 0.15) is 5.69 Å². The Bertz CT molecular complexity index is 556. The number of aromatic amines is 1. The van der Waals surface area contributed by atoms with E-state index in [2.05, 4.69) is 32.0 Å². The average Bonchev–Trinajstić information content (AvgIpc) is 2.99. The molecule has 3 N–H and O–H groups in total. The molecule has 0 amide bonds. The van der Waals surface area contributed by atoms with E-state index in [4.69, 9.17) is 5.73 Å². The predicted octanol–water partition coefficient (Wildman–Crippen LogP) is 1.43. The fourth-order valence-corrected chi connectivity index (χ4v) is 2.46. The van der Waals surface area contributed by atoms with Crippen LogP contribution in [0.3, 0.4) is 0 Å². The summed E-state index contributed by atoms with van der Waals surface area (Å²) >= 11 is 0. The predicted molar refractivity (Wildman–Crippen MR) is 78.2 cm³/mol. The fourth-order valence-electron chi connectivity index (χ4n) is 2.46. The zero-order valence-corrected chi connectivity index (χ0v) is 11.7. The number of pyridine rings is 1. The normalized spacial score (nSPS) is 18.2. The van der Waals surface area contributed by atoms with Crippen LogP contribution in [0.15, 0.2) is 24.4 Å². The molecule has 1 saturated heterocycles. The number of H-pyrrole nitrogens is 1. The van der Waals surface area contributed by atoms with Crippen LogP contribution in [0.1, 0.15) is 19.8 Å².